The van der Waals surface area contributed by atoms with Crippen LogP contribution < -0.4 is 32.7 Å². The minimum absolute atomic E-state index is 0.000547. The normalized spacial score (nSPS) is 13.7. The van der Waals surface area contributed by atoms with Crippen molar-refractivity contribution >= 4 is 41.5 Å². The molecule has 0 aromatic heterocycles. The van der Waals surface area contributed by atoms with Crippen LogP contribution in [0.15, 0.2) is 0 Å². The number of aliphatic hydroxyl groups is 1. The van der Waals surface area contributed by atoms with Gasteiger partial charge in [0.2, 0.25) is 23.6 Å². The van der Waals surface area contributed by atoms with Gasteiger partial charge in [0.15, 0.2) is 6.04 Å². The van der Waals surface area contributed by atoms with Gasteiger partial charge in [-0.3, -0.25) is 19.2 Å². The minimum Gasteiger partial charge on any atom is -0.480 e. The van der Waals surface area contributed by atoms with Gasteiger partial charge in [-0.25, -0.2) is 14.4 Å². The van der Waals surface area contributed by atoms with Gasteiger partial charge in [0, 0.05) is 6.42 Å². The molecule has 17 nitrogen and oxygen atoms in total. The molecule has 0 spiro atoms. The maximum atomic E-state index is 13.4. The number of carboxylic acids is 3. The average molecular weight is 913 g/mol. The van der Waals surface area contributed by atoms with E-state index in [1.165, 1.54) is 64.7 Å². The summed E-state index contributed by atoms with van der Waals surface area (Å²) in [5.74, 6) is -9.54. The molecule has 0 aliphatic heterocycles. The molecule has 4 amide bonds. The highest BCUT2D eigenvalue weighted by atomic mass is 19.4. The number of rotatable bonds is 30. The summed E-state index contributed by atoms with van der Waals surface area (Å²) in [4.78, 5) is 81.5. The number of aliphatic carboxylic acids is 3. The number of carbonyl (C=O) groups excluding carboxylic acids is 4. The molecule has 364 valence electrons. The molecule has 0 aliphatic rings. The summed E-state index contributed by atoms with van der Waals surface area (Å²) in [5.41, 5.74) is 11.3. The van der Waals surface area contributed by atoms with Gasteiger partial charge < -0.3 is 53.2 Å². The number of alkyl halides is 6. The van der Waals surface area contributed by atoms with Crippen molar-refractivity contribution in [3.8, 4) is 0 Å². The summed E-state index contributed by atoms with van der Waals surface area (Å²) >= 11 is 0. The van der Waals surface area contributed by atoms with E-state index in [4.69, 9.17) is 31.3 Å². The van der Waals surface area contributed by atoms with Crippen LogP contribution in [-0.2, 0) is 33.6 Å². The zero-order chi connectivity index (χ0) is 48.5. The van der Waals surface area contributed by atoms with Crippen LogP contribution in [0.4, 0.5) is 26.3 Å². The van der Waals surface area contributed by atoms with Crippen LogP contribution in [0.2, 0.25) is 0 Å². The maximum Gasteiger partial charge on any atom is 0.490 e. The number of carboxylic acid groups (broad SMARTS) is 3. The Morgan fingerprint density at radius 2 is 0.903 bits per heavy atom. The van der Waals surface area contributed by atoms with Crippen molar-refractivity contribution in [1.82, 2.24) is 21.3 Å². The van der Waals surface area contributed by atoms with E-state index in [-0.39, 0.29) is 24.8 Å². The molecule has 0 saturated heterocycles. The summed E-state index contributed by atoms with van der Waals surface area (Å²) in [6.07, 6.45) is 6.07. The first-order valence-electron chi connectivity index (χ1n) is 20.9. The van der Waals surface area contributed by atoms with Gasteiger partial charge in [0.1, 0.15) is 18.1 Å². The Kier molecular flexibility index (Phi) is 35.3. The highest BCUT2D eigenvalue weighted by Gasteiger charge is 2.39. The molecule has 0 bridgehead atoms. The van der Waals surface area contributed by atoms with Gasteiger partial charge >= 0.3 is 30.3 Å². The number of aliphatic hydroxyl groups excluding tert-OH is 1. The molecular weight excluding hydrogens is 842 g/mol. The molecule has 23 heteroatoms. The monoisotopic (exact) mass is 913 g/mol. The number of nitrogens with one attached hydrogen (secondary N) is 4. The Morgan fingerprint density at radius 1 is 0.516 bits per heavy atom. The molecule has 0 saturated carbocycles. The quantitative estimate of drug-likeness (QED) is 0.0356. The van der Waals surface area contributed by atoms with Gasteiger partial charge in [0.05, 0.1) is 6.10 Å². The Labute approximate surface area is 359 Å². The first-order valence-corrected chi connectivity index (χ1v) is 20.9. The van der Waals surface area contributed by atoms with Crippen molar-refractivity contribution in [3.05, 3.63) is 0 Å². The number of carbonyl (C=O) groups is 7. The van der Waals surface area contributed by atoms with E-state index in [0.717, 1.165) is 25.7 Å². The van der Waals surface area contributed by atoms with Crippen LogP contribution in [0, 0.1) is 5.92 Å². The fraction of sp³-hybridized carbons (Fsp3) is 0.821. The van der Waals surface area contributed by atoms with Crippen LogP contribution >= 0.6 is 0 Å². The number of hydrogen-bond acceptors (Lipinski definition) is 10. The zero-order valence-electron chi connectivity index (χ0n) is 36.2. The Morgan fingerprint density at radius 3 is 1.24 bits per heavy atom. The van der Waals surface area contributed by atoms with Gasteiger partial charge in [-0.2, -0.15) is 26.3 Å². The Balaban J connectivity index is -0.00000211. The lowest BCUT2D eigenvalue weighted by Gasteiger charge is -2.28. The predicted octanol–water partition coefficient (Wildman–Crippen LogP) is 4.27. The molecule has 0 rings (SSSR count). The third-order valence-corrected chi connectivity index (χ3v) is 8.97. The molecule has 12 N–H and O–H groups in total. The summed E-state index contributed by atoms with van der Waals surface area (Å²) in [6, 6.07) is -4.67. The fourth-order valence-corrected chi connectivity index (χ4v) is 5.46. The van der Waals surface area contributed by atoms with E-state index in [1.54, 1.807) is 13.8 Å². The van der Waals surface area contributed by atoms with E-state index in [0.29, 0.717) is 32.2 Å². The SMILES string of the molecule is CCCCCCCCCCCCCCCC(=O)NC(CCCCN)C(=O)NC(C(=O)NC(CCN)C(=O)NC(C(=O)O)C(C)O)C(C)C.O=C(O)C(F)(F)F.O=C(O)C(F)(F)F. The van der Waals surface area contributed by atoms with Crippen LogP contribution in [0.1, 0.15) is 143 Å². The summed E-state index contributed by atoms with van der Waals surface area (Å²) in [5, 5.41) is 43.6. The molecule has 0 fully saturated rings. The standard InChI is InChI=1S/C35H68N6O7.2C2HF3O2/c1-5-6-7-8-9-10-11-12-13-14-15-16-17-21-29(43)38-27(20-18-19-23-36)32(44)40-30(25(2)3)34(46)39-28(22-24-37)33(45)41-31(26(4)42)35(47)48;2*3-2(4,5)1(6)7/h25-28,30-31,42H,5-24,36-37H2,1-4H3,(H,38,43)(H,39,46)(H,40,44)(H,41,45)(H,47,48);2*(H,6,7). The third-order valence-electron chi connectivity index (χ3n) is 8.97. The Bertz CT molecular complexity index is 1280. The smallest absolute Gasteiger partial charge is 0.480 e. The minimum atomic E-state index is -5.08. The zero-order valence-corrected chi connectivity index (χ0v) is 36.2. The van der Waals surface area contributed by atoms with Crippen LogP contribution in [0.3, 0.4) is 0 Å². The van der Waals surface area contributed by atoms with Gasteiger partial charge in [0.25, 0.3) is 0 Å². The average Bonchev–Trinajstić information content (AvgIpc) is 3.16. The molecule has 5 unspecified atom stereocenters. The lowest BCUT2D eigenvalue weighted by molar-refractivity contribution is -0.193. The van der Waals surface area contributed by atoms with E-state index in [1.807, 2.05) is 0 Å². The first-order chi connectivity index (χ1) is 28.8. The van der Waals surface area contributed by atoms with Crippen molar-refractivity contribution in [1.29, 1.82) is 0 Å². The number of amides is 4. The van der Waals surface area contributed by atoms with Crippen LogP contribution in [0.5, 0.6) is 0 Å². The van der Waals surface area contributed by atoms with Crippen LogP contribution in [-0.4, -0.2) is 118 Å². The largest absolute Gasteiger partial charge is 0.490 e. The van der Waals surface area contributed by atoms with E-state index >= 15 is 0 Å². The number of unbranched alkanes of at least 4 members (excludes halogenated alkanes) is 13. The summed E-state index contributed by atoms with van der Waals surface area (Å²) in [6.45, 7) is 7.37. The second-order valence-corrected chi connectivity index (χ2v) is 14.9. The predicted molar refractivity (Wildman–Crippen MR) is 216 cm³/mol. The Hall–Kier alpha value is -4.25. The van der Waals surface area contributed by atoms with Gasteiger partial charge in [-0.15, -0.1) is 0 Å². The van der Waals surface area contributed by atoms with Gasteiger partial charge in [-0.1, -0.05) is 97.8 Å². The van der Waals surface area contributed by atoms with Gasteiger partial charge in [-0.05, 0) is 58.0 Å². The molecule has 0 aromatic carbocycles. The summed E-state index contributed by atoms with van der Waals surface area (Å²) in [7, 11) is 0. The third kappa shape index (κ3) is 33.4. The second kappa shape index (κ2) is 35.2. The van der Waals surface area contributed by atoms with E-state index in [9.17, 15) is 60.5 Å². The van der Waals surface area contributed by atoms with Crippen molar-refractivity contribution < 1.29 is 80.3 Å². The molecule has 0 heterocycles. The molecule has 5 atom stereocenters. The molecular formula is C39H70F6N6O11. The summed E-state index contributed by atoms with van der Waals surface area (Å²) < 4.78 is 63.5. The molecule has 0 radical (unpaired) electrons. The maximum absolute atomic E-state index is 13.4. The number of halogens is 6. The van der Waals surface area contributed by atoms with E-state index < -0.39 is 78.3 Å². The topological polar surface area (TPSA) is 301 Å². The number of nitrogens with two attached hydrogens (primary N) is 2. The van der Waals surface area contributed by atoms with Crippen molar-refractivity contribution in [2.45, 2.75) is 186 Å². The van der Waals surface area contributed by atoms with Crippen molar-refractivity contribution in [3.63, 3.8) is 0 Å². The highest BCUT2D eigenvalue weighted by molar-refractivity contribution is 5.95. The fourth-order valence-electron chi connectivity index (χ4n) is 5.46. The van der Waals surface area contributed by atoms with Crippen molar-refractivity contribution in [2.75, 3.05) is 13.1 Å². The lowest BCUT2D eigenvalue weighted by atomic mass is 10.0. The molecule has 0 aliphatic carbocycles. The molecule has 0 aromatic rings. The highest BCUT2D eigenvalue weighted by Crippen LogP contribution is 2.15. The van der Waals surface area contributed by atoms with Crippen LogP contribution in [0.25, 0.3) is 0 Å². The lowest BCUT2D eigenvalue weighted by Crippen LogP contribution is -2.60. The van der Waals surface area contributed by atoms with Crippen molar-refractivity contribution in [2.24, 2.45) is 17.4 Å². The molecule has 62 heavy (non-hydrogen) atoms. The second-order valence-electron chi connectivity index (χ2n) is 14.9. The van der Waals surface area contributed by atoms with E-state index in [2.05, 4.69) is 28.2 Å². The number of hydrogen-bond donors (Lipinski definition) is 10. The first kappa shape index (κ1) is 62.0.